The zero-order chi connectivity index (χ0) is 27.0. The van der Waals surface area contributed by atoms with E-state index in [9.17, 15) is 18.0 Å². The van der Waals surface area contributed by atoms with E-state index in [0.717, 1.165) is 0 Å². The summed E-state index contributed by atoms with van der Waals surface area (Å²) in [4.78, 5) is 25.5. The number of aromatic nitrogens is 2. The predicted octanol–water partition coefficient (Wildman–Crippen LogP) is 4.98. The topological polar surface area (TPSA) is 113 Å². The first-order valence-electron chi connectivity index (χ1n) is 11.6. The minimum absolute atomic E-state index is 0.0316. The Hall–Kier alpha value is -3.67. The number of hydrogen-bond donors (Lipinski definition) is 3. The lowest BCUT2D eigenvalue weighted by molar-refractivity contribution is 0.443. The van der Waals surface area contributed by atoms with Gasteiger partial charge in [-0.2, -0.15) is 0 Å². The number of aromatic amines is 1. The van der Waals surface area contributed by atoms with Crippen molar-refractivity contribution < 1.29 is 22.3 Å². The van der Waals surface area contributed by atoms with E-state index in [1.54, 1.807) is 68.6 Å². The largest absolute Gasteiger partial charge is 0.454 e. The van der Waals surface area contributed by atoms with Gasteiger partial charge in [-0.1, -0.05) is 17.8 Å². The summed E-state index contributed by atoms with van der Waals surface area (Å²) in [7, 11) is -4.38. The molecule has 4 aromatic rings. The summed E-state index contributed by atoms with van der Waals surface area (Å²) < 4.78 is 49.3. The van der Waals surface area contributed by atoms with E-state index in [0.29, 0.717) is 33.3 Å². The minimum Gasteiger partial charge on any atom is -0.454 e. The molecule has 0 aliphatic heterocycles. The van der Waals surface area contributed by atoms with Crippen LogP contribution in [0, 0.1) is 5.82 Å². The van der Waals surface area contributed by atoms with Crippen LogP contribution in [0.25, 0.3) is 28.1 Å². The first kappa shape index (κ1) is 26.4. The van der Waals surface area contributed by atoms with E-state index in [1.165, 1.54) is 29.7 Å². The Bertz CT molecular complexity index is 1670. The highest BCUT2D eigenvalue weighted by atomic mass is 32.2. The minimum atomic E-state index is -3.55. The molecule has 0 amide bonds. The molecule has 0 saturated heterocycles. The molecule has 4 rings (SSSR count). The SMILES string of the molecule is CCS(=O)(=O)Nc1ccc(Oc2ccc(/C=C/[Si](C)(C)O)cc2F)c(-c2cn(C)c(=O)c3[nH]ccc23)c1. The quantitative estimate of drug-likeness (QED) is 0.273. The van der Waals surface area contributed by atoms with Crippen molar-refractivity contribution in [3.8, 4) is 22.6 Å². The zero-order valence-electron chi connectivity index (χ0n) is 20.9. The number of H-pyrrole nitrogens is 1. The average molecular weight is 542 g/mol. The van der Waals surface area contributed by atoms with E-state index < -0.39 is 24.2 Å². The van der Waals surface area contributed by atoms with Crippen LogP contribution in [0.3, 0.4) is 0 Å². The zero-order valence-corrected chi connectivity index (χ0v) is 22.7. The number of sulfonamides is 1. The summed E-state index contributed by atoms with van der Waals surface area (Å²) in [6.07, 6.45) is 4.94. The summed E-state index contributed by atoms with van der Waals surface area (Å²) in [6, 6.07) is 10.9. The van der Waals surface area contributed by atoms with Gasteiger partial charge in [0.2, 0.25) is 18.3 Å². The Morgan fingerprint density at radius 1 is 1.14 bits per heavy atom. The highest BCUT2D eigenvalue weighted by molar-refractivity contribution is 7.92. The van der Waals surface area contributed by atoms with Crippen LogP contribution in [0.1, 0.15) is 12.5 Å². The molecule has 3 N–H and O–H groups in total. The van der Waals surface area contributed by atoms with Crippen molar-refractivity contribution in [1.82, 2.24) is 9.55 Å². The molecule has 0 aliphatic rings. The van der Waals surface area contributed by atoms with Gasteiger partial charge in [0.15, 0.2) is 11.6 Å². The summed E-state index contributed by atoms with van der Waals surface area (Å²) in [6.45, 7) is 5.04. The number of anilines is 1. The van der Waals surface area contributed by atoms with Crippen LogP contribution < -0.4 is 15.0 Å². The molecule has 0 radical (unpaired) electrons. The summed E-state index contributed by atoms with van der Waals surface area (Å²) in [5.74, 6) is -0.471. The molecule has 2 aromatic heterocycles. The fourth-order valence-electron chi connectivity index (χ4n) is 3.75. The van der Waals surface area contributed by atoms with Gasteiger partial charge < -0.3 is 19.1 Å². The molecule has 0 bridgehead atoms. The normalized spacial score (nSPS) is 12.4. The molecule has 0 spiro atoms. The molecule has 2 aromatic carbocycles. The molecule has 11 heteroatoms. The molecule has 194 valence electrons. The maximum Gasteiger partial charge on any atom is 0.274 e. The first-order chi connectivity index (χ1) is 17.4. The highest BCUT2D eigenvalue weighted by Crippen LogP contribution is 2.39. The van der Waals surface area contributed by atoms with Crippen LogP contribution in [0.2, 0.25) is 13.1 Å². The standard InChI is InChI=1S/C26H28FN3O5SSi/c1-5-36(32,33)29-18-7-9-23(35-24-8-6-17(14-22(24)27)11-13-37(3,4)34)20(15-18)21-16-30(2)26(31)25-19(21)10-12-28-25/h6-16,28-29,34H,5H2,1-4H3/b13-11+. The lowest BCUT2D eigenvalue weighted by Crippen LogP contribution is -2.21. The number of aryl methyl sites for hydroxylation is 1. The van der Waals surface area contributed by atoms with Crippen molar-refractivity contribution in [3.63, 3.8) is 0 Å². The molecule has 0 saturated carbocycles. The Morgan fingerprint density at radius 3 is 2.54 bits per heavy atom. The first-order valence-corrected chi connectivity index (χ1v) is 16.3. The number of nitrogens with one attached hydrogen (secondary N) is 2. The number of hydrogen-bond acceptors (Lipinski definition) is 5. The van der Waals surface area contributed by atoms with Gasteiger partial charge in [-0.3, -0.25) is 9.52 Å². The van der Waals surface area contributed by atoms with Crippen molar-refractivity contribution in [1.29, 1.82) is 0 Å². The number of ether oxygens (including phenoxy) is 1. The van der Waals surface area contributed by atoms with Crippen molar-refractivity contribution in [2.24, 2.45) is 7.05 Å². The van der Waals surface area contributed by atoms with E-state index in [2.05, 4.69) is 9.71 Å². The van der Waals surface area contributed by atoms with E-state index in [4.69, 9.17) is 4.74 Å². The van der Waals surface area contributed by atoms with Gasteiger partial charge in [0.1, 0.15) is 11.3 Å². The third-order valence-corrected chi connectivity index (χ3v) is 7.97. The van der Waals surface area contributed by atoms with Crippen LogP contribution in [-0.2, 0) is 17.1 Å². The third kappa shape index (κ3) is 6.01. The Morgan fingerprint density at radius 2 is 1.86 bits per heavy atom. The second-order valence-corrected chi connectivity index (χ2v) is 14.9. The number of fused-ring (bicyclic) bond motifs is 1. The van der Waals surface area contributed by atoms with Crippen LogP contribution >= 0.6 is 0 Å². The molecule has 0 fully saturated rings. The van der Waals surface area contributed by atoms with Gasteiger partial charge in [-0.15, -0.1) is 0 Å². The van der Waals surface area contributed by atoms with E-state index in [-0.39, 0.29) is 22.8 Å². The van der Waals surface area contributed by atoms with Gasteiger partial charge in [0, 0.05) is 41.6 Å². The van der Waals surface area contributed by atoms with E-state index in [1.807, 2.05) is 0 Å². The van der Waals surface area contributed by atoms with Crippen LogP contribution in [0.5, 0.6) is 11.5 Å². The summed E-state index contributed by atoms with van der Waals surface area (Å²) in [5.41, 5.74) is 3.79. The van der Waals surface area contributed by atoms with Crippen LogP contribution in [0.4, 0.5) is 10.1 Å². The fraction of sp³-hybridized carbons (Fsp3) is 0.192. The Kier molecular flexibility index (Phi) is 7.13. The van der Waals surface area contributed by atoms with Crippen molar-refractivity contribution >= 4 is 41.0 Å². The number of benzene rings is 2. The lowest BCUT2D eigenvalue weighted by atomic mass is 10.0. The second kappa shape index (κ2) is 10.00. The lowest BCUT2D eigenvalue weighted by Gasteiger charge is -2.16. The van der Waals surface area contributed by atoms with Gasteiger partial charge in [0.05, 0.1) is 5.75 Å². The highest BCUT2D eigenvalue weighted by Gasteiger charge is 2.18. The van der Waals surface area contributed by atoms with Gasteiger partial charge in [-0.05, 0) is 62.0 Å². The van der Waals surface area contributed by atoms with Gasteiger partial charge >= 0.3 is 0 Å². The van der Waals surface area contributed by atoms with E-state index >= 15 is 4.39 Å². The monoisotopic (exact) mass is 541 g/mol. The van der Waals surface area contributed by atoms with Crippen LogP contribution in [-0.4, -0.2) is 36.8 Å². The number of nitrogens with zero attached hydrogens (tertiary/aromatic N) is 1. The molecule has 0 unspecified atom stereocenters. The predicted molar refractivity (Wildman–Crippen MR) is 147 cm³/mol. The Balaban J connectivity index is 1.82. The number of rotatable bonds is 8. The maximum atomic E-state index is 15.0. The maximum absolute atomic E-state index is 15.0. The molecular weight excluding hydrogens is 513 g/mol. The number of pyridine rings is 1. The smallest absolute Gasteiger partial charge is 0.274 e. The van der Waals surface area contributed by atoms with Crippen molar-refractivity contribution in [3.05, 3.63) is 82.3 Å². The molecule has 8 nitrogen and oxygen atoms in total. The van der Waals surface area contributed by atoms with Crippen LogP contribution in [0.15, 0.2) is 65.4 Å². The van der Waals surface area contributed by atoms with Crippen molar-refractivity contribution in [2.45, 2.75) is 20.0 Å². The molecule has 0 atom stereocenters. The summed E-state index contributed by atoms with van der Waals surface area (Å²) >= 11 is 0. The fourth-order valence-corrected chi connectivity index (χ4v) is 4.98. The van der Waals surface area contributed by atoms with Gasteiger partial charge in [-0.25, -0.2) is 12.8 Å². The average Bonchev–Trinajstić information content (AvgIpc) is 3.32. The molecular formula is C26H28FN3O5SSi. The molecule has 2 heterocycles. The Labute approximate surface area is 215 Å². The third-order valence-electron chi connectivity index (χ3n) is 5.68. The summed E-state index contributed by atoms with van der Waals surface area (Å²) in [5, 5.41) is 0.611. The number of halogens is 1. The molecule has 0 aliphatic carbocycles. The van der Waals surface area contributed by atoms with Crippen molar-refractivity contribution in [2.75, 3.05) is 10.5 Å². The molecule has 37 heavy (non-hydrogen) atoms. The second-order valence-electron chi connectivity index (χ2n) is 9.22. The van der Waals surface area contributed by atoms with Gasteiger partial charge in [0.25, 0.3) is 5.56 Å².